The van der Waals surface area contributed by atoms with E-state index < -0.39 is 15.9 Å². The molecular formula is C9H7I3NO4S-. The van der Waals surface area contributed by atoms with Crippen LogP contribution in [0, 0.1) is 10.7 Å². The highest BCUT2D eigenvalue weighted by molar-refractivity contribution is 14.1. The van der Waals surface area contributed by atoms with E-state index >= 15 is 0 Å². The lowest BCUT2D eigenvalue weighted by molar-refractivity contribution is -0.220. The fourth-order valence-corrected chi connectivity index (χ4v) is 5.33. The topological polar surface area (TPSA) is 78.8 Å². The Morgan fingerprint density at radius 1 is 1.33 bits per heavy atom. The molecule has 0 saturated heterocycles. The molecule has 0 bridgehead atoms. The molecule has 0 radical (unpaired) electrons. The number of rotatable bonds is 4. The van der Waals surface area contributed by atoms with Crippen molar-refractivity contribution in [2.24, 2.45) is 4.40 Å². The third kappa shape index (κ3) is 5.73. The smallest absolute Gasteiger partial charge is 0.249 e. The summed E-state index contributed by atoms with van der Waals surface area (Å²) >= 11 is 6.36. The van der Waals surface area contributed by atoms with E-state index in [2.05, 4.69) is 72.2 Å². The van der Waals surface area contributed by atoms with E-state index in [9.17, 15) is 13.5 Å². The lowest BCUT2D eigenvalue weighted by Gasteiger charge is -2.14. The fourth-order valence-electron chi connectivity index (χ4n) is 1.01. The van der Waals surface area contributed by atoms with Crippen LogP contribution in [-0.2, 0) is 10.0 Å². The molecule has 0 aliphatic carbocycles. The zero-order valence-corrected chi connectivity index (χ0v) is 16.3. The van der Waals surface area contributed by atoms with Crippen LogP contribution in [0.25, 0.3) is 0 Å². The number of hydrogen-bond donors (Lipinski definition) is 0. The molecule has 1 rings (SSSR count). The Morgan fingerprint density at radius 2 is 1.83 bits per heavy atom. The van der Waals surface area contributed by atoms with Crippen LogP contribution in [0.3, 0.4) is 0 Å². The Labute approximate surface area is 146 Å². The highest BCUT2D eigenvalue weighted by Gasteiger charge is 2.08. The Morgan fingerprint density at radius 3 is 2.28 bits per heavy atom. The third-order valence-electron chi connectivity index (χ3n) is 1.57. The van der Waals surface area contributed by atoms with Crippen LogP contribution >= 0.6 is 67.8 Å². The van der Waals surface area contributed by atoms with Gasteiger partial charge in [0.2, 0.25) is 10.0 Å². The molecular weight excluding hydrogens is 599 g/mol. The van der Waals surface area contributed by atoms with Crippen molar-refractivity contribution in [3.63, 3.8) is 0 Å². The van der Waals surface area contributed by atoms with Crippen LogP contribution in [0.2, 0.25) is 0 Å². The summed E-state index contributed by atoms with van der Waals surface area (Å²) in [5.74, 6) is -0.253. The maximum absolute atomic E-state index is 11.2. The molecule has 0 spiro atoms. The van der Waals surface area contributed by atoms with Gasteiger partial charge in [-0.2, -0.15) is 4.40 Å². The van der Waals surface area contributed by atoms with Gasteiger partial charge in [0.25, 0.3) is 0 Å². The zero-order chi connectivity index (χ0) is 13.9. The van der Waals surface area contributed by atoms with Crippen LogP contribution < -0.4 is 9.84 Å². The van der Waals surface area contributed by atoms with Crippen LogP contribution in [0.1, 0.15) is 0 Å². The molecule has 5 nitrogen and oxygen atoms in total. The van der Waals surface area contributed by atoms with E-state index in [-0.39, 0.29) is 6.61 Å². The third-order valence-corrected chi connectivity index (χ3v) is 4.33. The van der Waals surface area contributed by atoms with E-state index in [4.69, 9.17) is 4.74 Å². The summed E-state index contributed by atoms with van der Waals surface area (Å²) in [5.41, 5.74) is 0. The summed E-state index contributed by atoms with van der Waals surface area (Å²) in [6.07, 6.45) is 0.864. The largest absolute Gasteiger partial charge is 0.859 e. The monoisotopic (exact) mass is 606 g/mol. The summed E-state index contributed by atoms with van der Waals surface area (Å²) < 4.78 is 32.6. The molecule has 0 heterocycles. The Balaban J connectivity index is 2.85. The molecule has 0 saturated carbocycles. The minimum atomic E-state index is -3.66. The van der Waals surface area contributed by atoms with Crippen molar-refractivity contribution in [1.29, 1.82) is 0 Å². The highest BCUT2D eigenvalue weighted by Crippen LogP contribution is 2.29. The predicted octanol–water partition coefficient (Wildman–Crippen LogP) is 1.60. The first-order valence-electron chi connectivity index (χ1n) is 4.42. The minimum Gasteiger partial charge on any atom is -0.859 e. The van der Waals surface area contributed by atoms with Gasteiger partial charge in [-0.1, -0.05) is 0 Å². The lowest BCUT2D eigenvalue weighted by Crippen LogP contribution is -2.27. The first-order chi connectivity index (χ1) is 8.19. The van der Waals surface area contributed by atoms with Crippen molar-refractivity contribution < 1.29 is 18.3 Å². The van der Waals surface area contributed by atoms with Gasteiger partial charge >= 0.3 is 0 Å². The van der Waals surface area contributed by atoms with Gasteiger partial charge in [-0.3, -0.25) is 0 Å². The van der Waals surface area contributed by atoms with Crippen LogP contribution in [0.4, 0.5) is 0 Å². The Kier molecular flexibility index (Phi) is 6.37. The number of benzene rings is 1. The Hall–Kier alpha value is 0.630. The average Bonchev–Trinajstić information content (AvgIpc) is 2.12. The van der Waals surface area contributed by atoms with Crippen molar-refractivity contribution in [2.45, 2.75) is 0 Å². The molecule has 18 heavy (non-hydrogen) atoms. The fraction of sp³-hybridized carbons (Fsp3) is 0.222. The van der Waals surface area contributed by atoms with Crippen molar-refractivity contribution in [1.82, 2.24) is 0 Å². The maximum atomic E-state index is 11.2. The second-order valence-electron chi connectivity index (χ2n) is 3.21. The minimum absolute atomic E-state index is 0.389. The number of ether oxygens (including phenoxy) is 1. The van der Waals surface area contributed by atoms with Gasteiger partial charge in [0.15, 0.2) is 0 Å². The van der Waals surface area contributed by atoms with Gasteiger partial charge in [-0.15, -0.1) is 0 Å². The van der Waals surface area contributed by atoms with E-state index in [1.54, 1.807) is 0 Å². The summed E-state index contributed by atoms with van der Waals surface area (Å²) in [4.78, 5) is 0. The molecule has 0 aromatic heterocycles. The van der Waals surface area contributed by atoms with Crippen molar-refractivity contribution in [3.8, 4) is 5.75 Å². The van der Waals surface area contributed by atoms with E-state index in [0.717, 1.165) is 17.0 Å². The summed E-state index contributed by atoms with van der Waals surface area (Å²) in [6, 6.07) is 3.80. The highest BCUT2D eigenvalue weighted by atomic mass is 127. The van der Waals surface area contributed by atoms with Crippen LogP contribution in [-0.4, -0.2) is 27.2 Å². The molecule has 0 amide bonds. The number of sulfonamides is 1. The van der Waals surface area contributed by atoms with E-state index in [1.807, 2.05) is 12.1 Å². The predicted molar refractivity (Wildman–Crippen MR) is 92.4 cm³/mol. The molecule has 0 atom stereocenters. The molecule has 0 fully saturated rings. The van der Waals surface area contributed by atoms with Crippen molar-refractivity contribution >= 4 is 83.7 Å². The number of hydrogen-bond acceptors (Lipinski definition) is 4. The van der Waals surface area contributed by atoms with Crippen LogP contribution in [0.15, 0.2) is 16.5 Å². The molecule has 0 N–H and O–H groups in total. The van der Waals surface area contributed by atoms with Crippen molar-refractivity contribution in [3.05, 3.63) is 22.8 Å². The maximum Gasteiger partial charge on any atom is 0.249 e. The second kappa shape index (κ2) is 6.88. The van der Waals surface area contributed by atoms with Crippen molar-refractivity contribution in [2.75, 3.05) is 12.9 Å². The molecule has 1 aromatic rings. The lowest BCUT2D eigenvalue weighted by atomic mass is 10.3. The molecule has 1 aromatic carbocycles. The van der Waals surface area contributed by atoms with E-state index in [0.29, 0.717) is 5.75 Å². The summed E-state index contributed by atoms with van der Waals surface area (Å²) in [6.45, 7) is -0.389. The normalized spacial score (nSPS) is 12.6. The SMILES string of the molecule is CS(=O)(=O)/N=C(\[O-])COc1c(I)cc(I)cc1I. The van der Waals surface area contributed by atoms with Gasteiger partial charge in [-0.05, 0) is 79.9 Å². The standard InChI is InChI=1S/C9H8I3NO4S/c1-18(15,16)13-8(14)4-17-9-6(11)2-5(10)3-7(9)12/h2-3H,4H2,1H3,(H,13,14)/p-1. The quantitative estimate of drug-likeness (QED) is 0.297. The van der Waals surface area contributed by atoms with Gasteiger partial charge in [-0.25, -0.2) is 8.42 Å². The first-order valence-corrected chi connectivity index (χ1v) is 9.50. The number of nitrogens with zero attached hydrogens (tertiary/aromatic N) is 1. The zero-order valence-electron chi connectivity index (χ0n) is 8.98. The molecule has 9 heteroatoms. The second-order valence-corrected chi connectivity index (χ2v) is 8.42. The van der Waals surface area contributed by atoms with Gasteiger partial charge in [0, 0.05) is 9.47 Å². The molecule has 0 unspecified atom stereocenters. The molecule has 0 aliphatic rings. The van der Waals surface area contributed by atoms with Gasteiger partial charge < -0.3 is 9.84 Å². The summed E-state index contributed by atoms with van der Waals surface area (Å²) in [5, 5.41) is 11.2. The Bertz CT molecular complexity index is 562. The van der Waals surface area contributed by atoms with Gasteiger partial charge in [0.05, 0.1) is 13.4 Å². The molecule has 100 valence electrons. The molecule has 0 aliphatic heterocycles. The average molecular weight is 606 g/mol. The van der Waals surface area contributed by atoms with Crippen LogP contribution in [0.5, 0.6) is 5.75 Å². The van der Waals surface area contributed by atoms with Gasteiger partial charge in [0.1, 0.15) is 12.4 Å². The summed E-state index contributed by atoms with van der Waals surface area (Å²) in [7, 11) is -3.66. The number of halogens is 3. The first kappa shape index (κ1) is 16.7. The van der Waals surface area contributed by atoms with E-state index in [1.165, 1.54) is 0 Å².